The van der Waals surface area contributed by atoms with Gasteiger partial charge in [0.15, 0.2) is 0 Å². The molecular formula is C19H32N6O8. The Bertz CT molecular complexity index is 761. The summed E-state index contributed by atoms with van der Waals surface area (Å²) in [4.78, 5) is 72.5. The van der Waals surface area contributed by atoms with Gasteiger partial charge in [-0.3, -0.25) is 24.0 Å². The fourth-order valence-corrected chi connectivity index (χ4v) is 3.49. The summed E-state index contributed by atoms with van der Waals surface area (Å²) in [6.07, 6.45) is 0.667. The van der Waals surface area contributed by atoms with E-state index >= 15 is 0 Å². The van der Waals surface area contributed by atoms with E-state index in [0.717, 1.165) is 0 Å². The van der Waals surface area contributed by atoms with E-state index in [4.69, 9.17) is 22.3 Å². The van der Waals surface area contributed by atoms with Crippen LogP contribution in [0, 0.1) is 0 Å². The highest BCUT2D eigenvalue weighted by molar-refractivity contribution is 5.95. The summed E-state index contributed by atoms with van der Waals surface area (Å²) in [5.41, 5.74) is 16.1. The quantitative estimate of drug-likeness (QED) is 0.125. The number of likely N-dealkylation sites (tertiary alicyclic amines) is 1. The molecule has 4 atom stereocenters. The largest absolute Gasteiger partial charge is 0.481 e. The SMILES string of the molecule is NCCCCC(NC(=O)C1CCCN1C(=O)C(N)CC(=O)O)C(=O)NC(CC(N)=O)C(=O)O. The number of carboxylic acids is 2. The Labute approximate surface area is 190 Å². The van der Waals surface area contributed by atoms with Crippen LogP contribution in [0.4, 0.5) is 0 Å². The molecule has 186 valence electrons. The molecule has 1 aliphatic heterocycles. The Kier molecular flexibility index (Phi) is 11.2. The Morgan fingerprint density at radius 2 is 1.67 bits per heavy atom. The number of hydrogen-bond acceptors (Lipinski definition) is 8. The second-order valence-electron chi connectivity index (χ2n) is 7.81. The molecule has 10 N–H and O–H groups in total. The predicted octanol–water partition coefficient (Wildman–Crippen LogP) is -3.16. The van der Waals surface area contributed by atoms with Crippen LogP contribution in [0.5, 0.6) is 0 Å². The van der Waals surface area contributed by atoms with Crippen LogP contribution in [0.25, 0.3) is 0 Å². The first kappa shape index (κ1) is 27.8. The van der Waals surface area contributed by atoms with Crippen molar-refractivity contribution in [3.05, 3.63) is 0 Å². The summed E-state index contributed by atoms with van der Waals surface area (Å²) in [6, 6.07) is -4.99. The van der Waals surface area contributed by atoms with Crippen LogP contribution in [-0.2, 0) is 28.8 Å². The van der Waals surface area contributed by atoms with Crippen molar-refractivity contribution in [1.29, 1.82) is 0 Å². The second kappa shape index (κ2) is 13.3. The molecular weight excluding hydrogens is 440 g/mol. The van der Waals surface area contributed by atoms with E-state index in [0.29, 0.717) is 25.8 Å². The first-order valence-corrected chi connectivity index (χ1v) is 10.6. The number of rotatable bonds is 14. The van der Waals surface area contributed by atoms with E-state index in [1.807, 2.05) is 0 Å². The van der Waals surface area contributed by atoms with Gasteiger partial charge in [-0.15, -0.1) is 0 Å². The average Bonchev–Trinajstić information content (AvgIpc) is 3.20. The molecule has 0 spiro atoms. The second-order valence-corrected chi connectivity index (χ2v) is 7.81. The summed E-state index contributed by atoms with van der Waals surface area (Å²) >= 11 is 0. The number of carboxylic acid groups (broad SMARTS) is 2. The lowest BCUT2D eigenvalue weighted by Crippen LogP contribution is -2.57. The zero-order valence-electron chi connectivity index (χ0n) is 18.2. The van der Waals surface area contributed by atoms with Crippen molar-refractivity contribution in [3.63, 3.8) is 0 Å². The van der Waals surface area contributed by atoms with E-state index in [2.05, 4.69) is 10.6 Å². The number of nitrogens with one attached hydrogen (secondary N) is 2. The molecule has 14 heteroatoms. The number of primary amides is 1. The van der Waals surface area contributed by atoms with Gasteiger partial charge in [-0.1, -0.05) is 0 Å². The minimum absolute atomic E-state index is 0.136. The molecule has 1 heterocycles. The number of nitrogens with zero attached hydrogens (tertiary/aromatic N) is 1. The van der Waals surface area contributed by atoms with Crippen molar-refractivity contribution in [2.45, 2.75) is 69.1 Å². The standard InChI is InChI=1S/C19H32N6O8/c20-6-2-1-4-11(16(29)24-12(19(32)33)9-14(22)26)23-17(30)13-5-3-7-25(13)18(31)10(21)8-15(27)28/h10-13H,1-9,20-21H2,(H2,22,26)(H,23,30)(H,24,29)(H,27,28)(H,32,33). The summed E-state index contributed by atoms with van der Waals surface area (Å²) < 4.78 is 0. The van der Waals surface area contributed by atoms with Crippen molar-refractivity contribution in [3.8, 4) is 0 Å². The number of nitrogens with two attached hydrogens (primary N) is 3. The lowest BCUT2D eigenvalue weighted by molar-refractivity contribution is -0.145. The number of unbranched alkanes of at least 4 members (excludes halogenated alkanes) is 1. The van der Waals surface area contributed by atoms with Gasteiger partial charge in [0.1, 0.15) is 18.1 Å². The van der Waals surface area contributed by atoms with E-state index in [1.54, 1.807) is 0 Å². The number of amides is 4. The van der Waals surface area contributed by atoms with Crippen molar-refractivity contribution in [2.24, 2.45) is 17.2 Å². The average molecular weight is 472 g/mol. The highest BCUT2D eigenvalue weighted by Crippen LogP contribution is 2.19. The first-order valence-electron chi connectivity index (χ1n) is 10.6. The van der Waals surface area contributed by atoms with E-state index in [1.165, 1.54) is 4.90 Å². The number of hydrogen-bond donors (Lipinski definition) is 7. The normalized spacial score (nSPS) is 18.1. The molecule has 14 nitrogen and oxygen atoms in total. The van der Waals surface area contributed by atoms with Gasteiger partial charge in [0, 0.05) is 6.54 Å². The molecule has 33 heavy (non-hydrogen) atoms. The fraction of sp³-hybridized carbons (Fsp3) is 0.684. The van der Waals surface area contributed by atoms with Gasteiger partial charge in [-0.05, 0) is 38.6 Å². The van der Waals surface area contributed by atoms with E-state index in [-0.39, 0.29) is 19.4 Å². The summed E-state index contributed by atoms with van der Waals surface area (Å²) in [6.45, 7) is 0.544. The molecule has 0 aliphatic carbocycles. The Balaban J connectivity index is 2.92. The van der Waals surface area contributed by atoms with Crippen LogP contribution in [0.15, 0.2) is 0 Å². The van der Waals surface area contributed by atoms with Gasteiger partial charge < -0.3 is 42.9 Å². The van der Waals surface area contributed by atoms with Crippen molar-refractivity contribution >= 4 is 35.6 Å². The molecule has 1 aliphatic rings. The van der Waals surface area contributed by atoms with Crippen molar-refractivity contribution < 1.29 is 39.0 Å². The van der Waals surface area contributed by atoms with Crippen LogP contribution in [0.2, 0.25) is 0 Å². The van der Waals surface area contributed by atoms with Crippen LogP contribution < -0.4 is 27.8 Å². The van der Waals surface area contributed by atoms with Crippen LogP contribution in [-0.4, -0.2) is 87.9 Å². The molecule has 1 saturated heterocycles. The maximum atomic E-state index is 12.9. The maximum absolute atomic E-state index is 12.9. The van der Waals surface area contributed by atoms with Gasteiger partial charge in [-0.2, -0.15) is 0 Å². The minimum atomic E-state index is -1.57. The first-order chi connectivity index (χ1) is 15.5. The molecule has 0 radical (unpaired) electrons. The smallest absolute Gasteiger partial charge is 0.326 e. The molecule has 4 amide bonds. The van der Waals surface area contributed by atoms with Crippen LogP contribution >= 0.6 is 0 Å². The zero-order valence-corrected chi connectivity index (χ0v) is 18.2. The Morgan fingerprint density at radius 1 is 1.00 bits per heavy atom. The monoisotopic (exact) mass is 472 g/mol. The van der Waals surface area contributed by atoms with Crippen LogP contribution in [0.3, 0.4) is 0 Å². The molecule has 1 rings (SSSR count). The van der Waals surface area contributed by atoms with Gasteiger partial charge in [-0.25, -0.2) is 4.79 Å². The molecule has 0 aromatic rings. The predicted molar refractivity (Wildman–Crippen MR) is 113 cm³/mol. The van der Waals surface area contributed by atoms with Gasteiger partial charge >= 0.3 is 11.9 Å². The zero-order chi connectivity index (χ0) is 25.1. The number of carbonyl (C=O) groups is 6. The highest BCUT2D eigenvalue weighted by atomic mass is 16.4. The third-order valence-corrected chi connectivity index (χ3v) is 5.15. The third-order valence-electron chi connectivity index (χ3n) is 5.15. The van der Waals surface area contributed by atoms with E-state index < -0.39 is 72.6 Å². The molecule has 1 fully saturated rings. The van der Waals surface area contributed by atoms with Gasteiger partial charge in [0.2, 0.25) is 23.6 Å². The molecule has 0 bridgehead atoms. The fourth-order valence-electron chi connectivity index (χ4n) is 3.49. The minimum Gasteiger partial charge on any atom is -0.481 e. The van der Waals surface area contributed by atoms with Gasteiger partial charge in [0.25, 0.3) is 0 Å². The maximum Gasteiger partial charge on any atom is 0.326 e. The third kappa shape index (κ3) is 9.02. The summed E-state index contributed by atoms with van der Waals surface area (Å²) in [7, 11) is 0. The highest BCUT2D eigenvalue weighted by Gasteiger charge is 2.38. The molecule has 4 unspecified atom stereocenters. The van der Waals surface area contributed by atoms with Crippen molar-refractivity contribution in [1.82, 2.24) is 15.5 Å². The van der Waals surface area contributed by atoms with Crippen molar-refractivity contribution in [2.75, 3.05) is 13.1 Å². The lowest BCUT2D eigenvalue weighted by Gasteiger charge is -2.28. The van der Waals surface area contributed by atoms with Gasteiger partial charge in [0.05, 0.1) is 18.9 Å². The number of carbonyl (C=O) groups excluding carboxylic acids is 4. The summed E-state index contributed by atoms with van der Waals surface area (Å²) in [5, 5.41) is 22.8. The lowest BCUT2D eigenvalue weighted by atomic mass is 10.1. The topological polar surface area (TPSA) is 248 Å². The Hall–Kier alpha value is -3.26. The number of aliphatic carboxylic acids is 2. The molecule has 0 saturated carbocycles. The molecule has 0 aromatic carbocycles. The molecule has 0 aromatic heterocycles. The van der Waals surface area contributed by atoms with E-state index in [9.17, 15) is 33.9 Å². The Morgan fingerprint density at radius 3 is 2.21 bits per heavy atom. The summed E-state index contributed by atoms with van der Waals surface area (Å²) in [5.74, 6) is -5.81. The van der Waals surface area contributed by atoms with Crippen LogP contribution in [0.1, 0.15) is 44.9 Å².